The minimum absolute atomic E-state index is 0.458. The highest BCUT2D eigenvalue weighted by molar-refractivity contribution is 5.74. The highest BCUT2D eigenvalue weighted by atomic mass is 16.5. The highest BCUT2D eigenvalue weighted by Gasteiger charge is 2.23. The van der Waals surface area contributed by atoms with Crippen molar-refractivity contribution < 1.29 is 9.15 Å². The number of fused-ring (bicyclic) bond motifs is 1. The number of aromatic nitrogens is 1. The molecule has 0 bridgehead atoms. The highest BCUT2D eigenvalue weighted by Crippen LogP contribution is 2.30. The van der Waals surface area contributed by atoms with Gasteiger partial charge < -0.3 is 14.1 Å². The molecular weight excluding hydrogens is 228 g/mol. The molecule has 2 heterocycles. The van der Waals surface area contributed by atoms with Crippen LogP contribution < -0.4 is 4.74 Å². The fourth-order valence-electron chi connectivity index (χ4n) is 2.48. The van der Waals surface area contributed by atoms with Gasteiger partial charge in [0.15, 0.2) is 11.5 Å². The first-order valence-corrected chi connectivity index (χ1v) is 6.39. The molecule has 0 N–H and O–H groups in total. The first-order valence-electron chi connectivity index (χ1n) is 6.39. The molecular formula is C14H18N2O2. The zero-order valence-corrected chi connectivity index (χ0v) is 10.8. The van der Waals surface area contributed by atoms with E-state index in [2.05, 4.69) is 16.9 Å². The van der Waals surface area contributed by atoms with Crippen molar-refractivity contribution in [3.8, 4) is 5.75 Å². The van der Waals surface area contributed by atoms with Crippen LogP contribution in [0, 0.1) is 0 Å². The fourth-order valence-corrected chi connectivity index (χ4v) is 2.48. The number of oxazole rings is 1. The van der Waals surface area contributed by atoms with E-state index in [1.807, 2.05) is 18.2 Å². The second-order valence-electron chi connectivity index (χ2n) is 4.96. The van der Waals surface area contributed by atoms with Crippen molar-refractivity contribution in [1.29, 1.82) is 0 Å². The maximum Gasteiger partial charge on any atom is 0.198 e. The van der Waals surface area contributed by atoms with Gasteiger partial charge in [-0.15, -0.1) is 0 Å². The predicted octanol–water partition coefficient (Wildman–Crippen LogP) is 2.65. The molecule has 2 aromatic rings. The van der Waals surface area contributed by atoms with Crippen LogP contribution in [0.2, 0.25) is 0 Å². The second kappa shape index (κ2) is 4.61. The molecule has 0 saturated carbocycles. The minimum atomic E-state index is 0.458. The number of piperidine rings is 1. The molecule has 1 aliphatic rings. The van der Waals surface area contributed by atoms with E-state index < -0.39 is 0 Å². The number of rotatable bonds is 2. The molecule has 0 spiro atoms. The van der Waals surface area contributed by atoms with E-state index in [-0.39, 0.29) is 0 Å². The van der Waals surface area contributed by atoms with E-state index >= 15 is 0 Å². The molecule has 0 aliphatic carbocycles. The third kappa shape index (κ3) is 2.08. The molecule has 96 valence electrons. The van der Waals surface area contributed by atoms with Gasteiger partial charge in [0.2, 0.25) is 0 Å². The van der Waals surface area contributed by atoms with Crippen LogP contribution in [0.1, 0.15) is 24.7 Å². The largest absolute Gasteiger partial charge is 0.497 e. The molecule has 0 atom stereocenters. The zero-order valence-electron chi connectivity index (χ0n) is 10.8. The van der Waals surface area contributed by atoms with E-state index in [0.717, 1.165) is 48.7 Å². The number of benzene rings is 1. The Labute approximate surface area is 107 Å². The van der Waals surface area contributed by atoms with Gasteiger partial charge in [-0.2, -0.15) is 0 Å². The van der Waals surface area contributed by atoms with Gasteiger partial charge in [-0.25, -0.2) is 4.98 Å². The first kappa shape index (κ1) is 11.5. The van der Waals surface area contributed by atoms with E-state index in [4.69, 9.17) is 9.15 Å². The Hall–Kier alpha value is -1.55. The van der Waals surface area contributed by atoms with Crippen molar-refractivity contribution in [2.75, 3.05) is 27.2 Å². The van der Waals surface area contributed by atoms with Crippen LogP contribution in [0.5, 0.6) is 5.75 Å². The van der Waals surface area contributed by atoms with Crippen molar-refractivity contribution in [2.45, 2.75) is 18.8 Å². The smallest absolute Gasteiger partial charge is 0.198 e. The number of hydrogen-bond acceptors (Lipinski definition) is 4. The number of hydrogen-bond donors (Lipinski definition) is 0. The standard InChI is InChI=1S/C14H18N2O2/c1-16-7-5-10(6-8-16)14-15-12-4-3-11(17-2)9-13(12)18-14/h3-4,9-10H,5-8H2,1-2H3. The molecule has 4 heteroatoms. The van der Waals surface area contributed by atoms with Gasteiger partial charge in [-0.1, -0.05) is 0 Å². The summed E-state index contributed by atoms with van der Waals surface area (Å²) in [6.07, 6.45) is 2.25. The lowest BCUT2D eigenvalue weighted by Crippen LogP contribution is -2.29. The lowest BCUT2D eigenvalue weighted by atomic mass is 9.97. The molecule has 1 saturated heterocycles. The van der Waals surface area contributed by atoms with Crippen molar-refractivity contribution in [1.82, 2.24) is 9.88 Å². The first-order chi connectivity index (χ1) is 8.76. The molecule has 4 nitrogen and oxygen atoms in total. The summed E-state index contributed by atoms with van der Waals surface area (Å²) < 4.78 is 11.1. The maximum atomic E-state index is 5.88. The summed E-state index contributed by atoms with van der Waals surface area (Å²) in [5.74, 6) is 2.15. The van der Waals surface area contributed by atoms with Crippen molar-refractivity contribution in [3.05, 3.63) is 24.1 Å². The van der Waals surface area contributed by atoms with Gasteiger partial charge in [-0.3, -0.25) is 0 Å². The number of methoxy groups -OCH3 is 1. The van der Waals surface area contributed by atoms with Gasteiger partial charge >= 0.3 is 0 Å². The van der Waals surface area contributed by atoms with E-state index in [9.17, 15) is 0 Å². The van der Waals surface area contributed by atoms with Gasteiger partial charge in [0, 0.05) is 12.0 Å². The number of ether oxygens (including phenoxy) is 1. The van der Waals surface area contributed by atoms with E-state index in [1.165, 1.54) is 0 Å². The summed E-state index contributed by atoms with van der Waals surface area (Å²) >= 11 is 0. The van der Waals surface area contributed by atoms with Crippen LogP contribution >= 0.6 is 0 Å². The third-order valence-corrected chi connectivity index (χ3v) is 3.68. The molecule has 1 aromatic heterocycles. The van der Waals surface area contributed by atoms with E-state index in [0.29, 0.717) is 5.92 Å². The lowest BCUT2D eigenvalue weighted by Gasteiger charge is -2.26. The average Bonchev–Trinajstić information content (AvgIpc) is 2.82. The van der Waals surface area contributed by atoms with Crippen LogP contribution in [0.4, 0.5) is 0 Å². The summed E-state index contributed by atoms with van der Waals surface area (Å²) in [4.78, 5) is 6.95. The normalized spacial score (nSPS) is 18.3. The second-order valence-corrected chi connectivity index (χ2v) is 4.96. The molecule has 1 aromatic carbocycles. The fraction of sp³-hybridized carbons (Fsp3) is 0.500. The minimum Gasteiger partial charge on any atom is -0.497 e. The Morgan fingerprint density at radius 3 is 2.83 bits per heavy atom. The molecule has 1 fully saturated rings. The van der Waals surface area contributed by atoms with Gasteiger partial charge in [0.05, 0.1) is 7.11 Å². The molecule has 1 aliphatic heterocycles. The third-order valence-electron chi connectivity index (χ3n) is 3.68. The van der Waals surface area contributed by atoms with E-state index in [1.54, 1.807) is 7.11 Å². The van der Waals surface area contributed by atoms with Gasteiger partial charge in [-0.05, 0) is 45.1 Å². The monoisotopic (exact) mass is 246 g/mol. The Bertz CT molecular complexity index is 542. The van der Waals surface area contributed by atoms with Crippen LogP contribution in [-0.2, 0) is 0 Å². The number of likely N-dealkylation sites (tertiary alicyclic amines) is 1. The summed E-state index contributed by atoms with van der Waals surface area (Å²) in [6.45, 7) is 2.24. The van der Waals surface area contributed by atoms with Crippen molar-refractivity contribution in [3.63, 3.8) is 0 Å². The number of nitrogens with zero attached hydrogens (tertiary/aromatic N) is 2. The van der Waals surface area contributed by atoms with Crippen LogP contribution in [0.3, 0.4) is 0 Å². The summed E-state index contributed by atoms with van der Waals surface area (Å²) in [6, 6.07) is 5.78. The zero-order chi connectivity index (χ0) is 12.5. The Morgan fingerprint density at radius 1 is 1.33 bits per heavy atom. The topological polar surface area (TPSA) is 38.5 Å². The van der Waals surface area contributed by atoms with Crippen LogP contribution in [0.25, 0.3) is 11.1 Å². The van der Waals surface area contributed by atoms with Crippen LogP contribution in [0.15, 0.2) is 22.6 Å². The molecule has 0 radical (unpaired) electrons. The van der Waals surface area contributed by atoms with Gasteiger partial charge in [0.25, 0.3) is 0 Å². The predicted molar refractivity (Wildman–Crippen MR) is 70.0 cm³/mol. The summed E-state index contributed by atoms with van der Waals surface area (Å²) in [5, 5.41) is 0. The Kier molecular flexibility index (Phi) is 2.96. The molecule has 3 rings (SSSR count). The maximum absolute atomic E-state index is 5.88. The average molecular weight is 246 g/mol. The quantitative estimate of drug-likeness (QED) is 0.816. The lowest BCUT2D eigenvalue weighted by molar-refractivity contribution is 0.239. The summed E-state index contributed by atoms with van der Waals surface area (Å²) in [7, 11) is 3.82. The molecule has 18 heavy (non-hydrogen) atoms. The van der Waals surface area contributed by atoms with Crippen molar-refractivity contribution in [2.24, 2.45) is 0 Å². The molecule has 0 unspecified atom stereocenters. The Morgan fingerprint density at radius 2 is 2.11 bits per heavy atom. The SMILES string of the molecule is COc1ccc2nc(C3CCN(C)CC3)oc2c1. The summed E-state index contributed by atoms with van der Waals surface area (Å²) in [5.41, 5.74) is 1.74. The van der Waals surface area contributed by atoms with Crippen molar-refractivity contribution >= 4 is 11.1 Å². The van der Waals surface area contributed by atoms with Crippen LogP contribution in [-0.4, -0.2) is 37.1 Å². The van der Waals surface area contributed by atoms with Gasteiger partial charge in [0.1, 0.15) is 11.3 Å². The molecule has 0 amide bonds. The Balaban J connectivity index is 1.88.